The molecule has 1 aromatic carbocycles. The lowest BCUT2D eigenvalue weighted by atomic mass is 10.2. The van der Waals surface area contributed by atoms with Crippen LogP contribution in [-0.4, -0.2) is 56.4 Å². The number of aliphatic hydroxyl groups excluding tert-OH is 1. The van der Waals surface area contributed by atoms with Crippen molar-refractivity contribution in [3.63, 3.8) is 0 Å². The van der Waals surface area contributed by atoms with Crippen molar-refractivity contribution >= 4 is 17.7 Å². The van der Waals surface area contributed by atoms with E-state index in [1.165, 1.54) is 16.4 Å². The summed E-state index contributed by atoms with van der Waals surface area (Å²) < 4.78 is 11.9. The third-order valence-electron chi connectivity index (χ3n) is 2.79. The lowest BCUT2D eigenvalue weighted by Gasteiger charge is -2.12. The van der Waals surface area contributed by atoms with Crippen LogP contribution in [0.5, 0.6) is 5.75 Å². The topological polar surface area (TPSA) is 99.4 Å². The first-order valence-corrected chi connectivity index (χ1v) is 8.02. The molecule has 0 bridgehead atoms. The van der Waals surface area contributed by atoms with E-state index >= 15 is 0 Å². The van der Waals surface area contributed by atoms with Crippen molar-refractivity contribution in [3.8, 4) is 5.75 Å². The van der Waals surface area contributed by atoms with Gasteiger partial charge in [0.2, 0.25) is 5.16 Å². The molecule has 0 aliphatic rings. The molecule has 2 aromatic rings. The minimum atomic E-state index is -0.665. The van der Waals surface area contributed by atoms with Crippen LogP contribution in [0.25, 0.3) is 0 Å². The molecule has 0 saturated heterocycles. The summed E-state index contributed by atoms with van der Waals surface area (Å²) in [4.78, 5) is 11.5. The van der Waals surface area contributed by atoms with E-state index in [2.05, 4.69) is 15.5 Å². The molecule has 2 rings (SSSR count). The number of ether oxygens (including phenoxy) is 2. The van der Waals surface area contributed by atoms with Gasteiger partial charge in [0, 0.05) is 12.8 Å². The van der Waals surface area contributed by atoms with Crippen molar-refractivity contribution in [2.24, 2.45) is 7.05 Å². The average molecular weight is 338 g/mol. The second kappa shape index (κ2) is 8.49. The van der Waals surface area contributed by atoms with Crippen LogP contribution in [0.1, 0.15) is 17.3 Å². The van der Waals surface area contributed by atoms with E-state index in [0.29, 0.717) is 28.8 Å². The number of nitrogens with zero attached hydrogens (tertiary/aromatic N) is 4. The largest absolute Gasteiger partial charge is 0.491 e. The maximum Gasteiger partial charge on any atom is 0.338 e. The van der Waals surface area contributed by atoms with Gasteiger partial charge in [0.15, 0.2) is 0 Å². The molecule has 1 unspecified atom stereocenters. The Morgan fingerprint density at radius 1 is 1.39 bits per heavy atom. The summed E-state index contributed by atoms with van der Waals surface area (Å²) >= 11 is 1.34. The molecule has 0 amide bonds. The fourth-order valence-corrected chi connectivity index (χ4v) is 2.41. The third-order valence-corrected chi connectivity index (χ3v) is 3.95. The highest BCUT2D eigenvalue weighted by molar-refractivity contribution is 7.99. The average Bonchev–Trinajstić information content (AvgIpc) is 2.97. The van der Waals surface area contributed by atoms with Gasteiger partial charge in [-0.05, 0) is 41.6 Å². The fraction of sp³-hybridized carbons (Fsp3) is 0.429. The number of carbonyl (C=O) groups is 1. The molecule has 0 aliphatic heterocycles. The first-order valence-electron chi connectivity index (χ1n) is 7.03. The van der Waals surface area contributed by atoms with Gasteiger partial charge in [0.25, 0.3) is 0 Å². The standard InChI is InChI=1S/C14H18N4O4S/c1-3-21-13(20)10-4-6-12(7-5-10)22-8-11(19)9-23-14-15-16-17-18(14)2/h4-7,11,19H,3,8-9H2,1-2H3. The molecular formula is C14H18N4O4S. The van der Waals surface area contributed by atoms with Crippen LogP contribution < -0.4 is 4.74 Å². The minimum Gasteiger partial charge on any atom is -0.491 e. The van der Waals surface area contributed by atoms with Gasteiger partial charge in [-0.1, -0.05) is 11.8 Å². The van der Waals surface area contributed by atoms with Crippen molar-refractivity contribution in [2.75, 3.05) is 19.0 Å². The van der Waals surface area contributed by atoms with E-state index in [1.807, 2.05) is 0 Å². The van der Waals surface area contributed by atoms with Crippen LogP contribution in [0.3, 0.4) is 0 Å². The molecule has 0 fully saturated rings. The molecule has 9 heteroatoms. The van der Waals surface area contributed by atoms with E-state index in [1.54, 1.807) is 38.2 Å². The molecule has 23 heavy (non-hydrogen) atoms. The number of aryl methyl sites for hydroxylation is 1. The third kappa shape index (κ3) is 5.22. The summed E-state index contributed by atoms with van der Waals surface area (Å²) in [7, 11) is 1.73. The Bertz CT molecular complexity index is 632. The lowest BCUT2D eigenvalue weighted by molar-refractivity contribution is 0.0526. The Labute approximate surface area is 137 Å². The number of tetrazole rings is 1. The molecule has 1 heterocycles. The Kier molecular flexibility index (Phi) is 6.36. The van der Waals surface area contributed by atoms with Crippen molar-refractivity contribution in [1.82, 2.24) is 20.2 Å². The number of rotatable bonds is 8. The zero-order valence-electron chi connectivity index (χ0n) is 12.9. The molecule has 0 aliphatic carbocycles. The molecule has 8 nitrogen and oxygen atoms in total. The number of esters is 1. The number of hydrogen-bond acceptors (Lipinski definition) is 8. The van der Waals surface area contributed by atoms with Crippen molar-refractivity contribution in [1.29, 1.82) is 0 Å². The highest BCUT2D eigenvalue weighted by Crippen LogP contribution is 2.16. The van der Waals surface area contributed by atoms with Gasteiger partial charge in [-0.25, -0.2) is 9.48 Å². The maximum atomic E-state index is 11.5. The zero-order chi connectivity index (χ0) is 16.7. The Morgan fingerprint density at radius 2 is 2.13 bits per heavy atom. The SMILES string of the molecule is CCOC(=O)c1ccc(OCC(O)CSc2nnnn2C)cc1. The fourth-order valence-electron chi connectivity index (χ4n) is 1.66. The van der Waals surface area contributed by atoms with Gasteiger partial charge < -0.3 is 14.6 Å². The van der Waals surface area contributed by atoms with Gasteiger partial charge in [0.05, 0.1) is 18.3 Å². The van der Waals surface area contributed by atoms with Crippen molar-refractivity contribution in [3.05, 3.63) is 29.8 Å². The second-order valence-corrected chi connectivity index (χ2v) is 5.59. The van der Waals surface area contributed by atoms with Crippen molar-refractivity contribution < 1.29 is 19.4 Å². The van der Waals surface area contributed by atoms with E-state index in [-0.39, 0.29) is 12.6 Å². The quantitative estimate of drug-likeness (QED) is 0.560. The Morgan fingerprint density at radius 3 is 2.74 bits per heavy atom. The second-order valence-electron chi connectivity index (χ2n) is 4.61. The Hall–Kier alpha value is -2.13. The number of benzene rings is 1. The van der Waals surface area contributed by atoms with Crippen LogP contribution in [0, 0.1) is 0 Å². The summed E-state index contributed by atoms with van der Waals surface area (Å²) in [6, 6.07) is 6.58. The van der Waals surface area contributed by atoms with Crippen LogP contribution in [-0.2, 0) is 11.8 Å². The summed E-state index contributed by atoms with van der Waals surface area (Å²) in [5.74, 6) is 0.616. The van der Waals surface area contributed by atoms with Crippen LogP contribution in [0.2, 0.25) is 0 Å². The first kappa shape index (κ1) is 17.2. The number of hydrogen-bond donors (Lipinski definition) is 1. The maximum absolute atomic E-state index is 11.5. The predicted molar refractivity (Wildman–Crippen MR) is 83.4 cm³/mol. The summed E-state index contributed by atoms with van der Waals surface area (Å²) in [5, 5.41) is 21.6. The van der Waals surface area contributed by atoms with Gasteiger partial charge >= 0.3 is 5.97 Å². The summed E-state index contributed by atoms with van der Waals surface area (Å²) in [5.41, 5.74) is 0.463. The van der Waals surface area contributed by atoms with Gasteiger partial charge in [-0.15, -0.1) is 5.10 Å². The molecule has 124 valence electrons. The molecule has 1 atom stereocenters. The van der Waals surface area contributed by atoms with E-state index in [4.69, 9.17) is 9.47 Å². The van der Waals surface area contributed by atoms with Gasteiger partial charge in [-0.2, -0.15) is 0 Å². The van der Waals surface area contributed by atoms with E-state index < -0.39 is 6.10 Å². The highest BCUT2D eigenvalue weighted by atomic mass is 32.2. The zero-order valence-corrected chi connectivity index (χ0v) is 13.7. The number of aliphatic hydroxyl groups is 1. The van der Waals surface area contributed by atoms with Crippen LogP contribution in [0.4, 0.5) is 0 Å². The number of thioether (sulfide) groups is 1. The molecular weight excluding hydrogens is 320 g/mol. The molecule has 0 radical (unpaired) electrons. The van der Waals surface area contributed by atoms with Gasteiger partial charge in [-0.3, -0.25) is 0 Å². The van der Waals surface area contributed by atoms with Gasteiger partial charge in [0.1, 0.15) is 12.4 Å². The first-order chi connectivity index (χ1) is 11.1. The van der Waals surface area contributed by atoms with Crippen LogP contribution >= 0.6 is 11.8 Å². The summed E-state index contributed by atoms with van der Waals surface area (Å²) in [6.07, 6.45) is -0.665. The summed E-state index contributed by atoms with van der Waals surface area (Å²) in [6.45, 7) is 2.23. The minimum absolute atomic E-state index is 0.136. The van der Waals surface area contributed by atoms with Crippen molar-refractivity contribution in [2.45, 2.75) is 18.2 Å². The smallest absolute Gasteiger partial charge is 0.338 e. The molecule has 0 spiro atoms. The van der Waals surface area contributed by atoms with E-state index in [0.717, 1.165) is 0 Å². The molecule has 1 aromatic heterocycles. The predicted octanol–water partition coefficient (Wildman–Crippen LogP) is 0.919. The van der Waals surface area contributed by atoms with E-state index in [9.17, 15) is 9.90 Å². The Balaban J connectivity index is 1.76. The molecule has 1 N–H and O–H groups in total. The monoisotopic (exact) mass is 338 g/mol. The molecule has 0 saturated carbocycles. The number of carbonyl (C=O) groups excluding carboxylic acids is 1. The normalized spacial score (nSPS) is 12.0. The lowest BCUT2D eigenvalue weighted by Crippen LogP contribution is -2.20. The highest BCUT2D eigenvalue weighted by Gasteiger charge is 2.11. The van der Waals surface area contributed by atoms with Crippen LogP contribution in [0.15, 0.2) is 29.4 Å². The number of aromatic nitrogens is 4.